The number of aryl methyl sites for hydroxylation is 2. The minimum Gasteiger partial charge on any atom is -0.494 e. The molecule has 0 N–H and O–H groups in total. The molecule has 8 rings (SSSR count). The quantitative estimate of drug-likeness (QED) is 0.0470. The number of benzene rings is 5. The van der Waals surface area contributed by atoms with Crippen LogP contribution < -0.4 is 9.47 Å². The number of terminal acetylenes is 1. The Hall–Kier alpha value is -6.06. The average molecular weight is 897 g/mol. The first-order valence-corrected chi connectivity index (χ1v) is 26.4. The predicted octanol–water partition coefficient (Wildman–Crippen LogP) is 17.1. The molecular weight excluding hydrogens is 825 g/mol. The fraction of sp³-hybridized carbons (Fsp3) is 0.424. The highest BCUT2D eigenvalue weighted by Crippen LogP contribution is 2.66. The number of fused-ring (bicyclic) bond motifs is 13. The van der Waals surface area contributed by atoms with Gasteiger partial charge in [-0.2, -0.15) is 0 Å². The lowest BCUT2D eigenvalue weighted by Crippen LogP contribution is -2.27. The maximum atomic E-state index is 6.57. The van der Waals surface area contributed by atoms with E-state index in [2.05, 4.69) is 161 Å². The Morgan fingerprint density at radius 2 is 0.868 bits per heavy atom. The van der Waals surface area contributed by atoms with Crippen molar-refractivity contribution in [3.8, 4) is 92.9 Å². The summed E-state index contributed by atoms with van der Waals surface area (Å²) in [5, 5.41) is 0. The van der Waals surface area contributed by atoms with Crippen molar-refractivity contribution in [2.75, 3.05) is 6.61 Å². The van der Waals surface area contributed by atoms with Gasteiger partial charge in [0.15, 0.2) is 0 Å². The lowest BCUT2D eigenvalue weighted by atomic mass is 9.68. The van der Waals surface area contributed by atoms with E-state index in [1.54, 1.807) is 11.1 Å². The minimum absolute atomic E-state index is 0.0128. The lowest BCUT2D eigenvalue weighted by molar-refractivity contribution is 0.304. The van der Waals surface area contributed by atoms with E-state index >= 15 is 0 Å². The van der Waals surface area contributed by atoms with Crippen LogP contribution in [0.3, 0.4) is 0 Å². The first-order chi connectivity index (χ1) is 33.4. The van der Waals surface area contributed by atoms with Crippen molar-refractivity contribution in [1.29, 1.82) is 0 Å². The van der Waals surface area contributed by atoms with Gasteiger partial charge in [-0.25, -0.2) is 0 Å². The molecule has 0 aliphatic heterocycles. The van der Waals surface area contributed by atoms with Gasteiger partial charge in [0.2, 0.25) is 0 Å². The number of rotatable bonds is 23. The van der Waals surface area contributed by atoms with E-state index < -0.39 is 5.41 Å². The molecule has 0 amide bonds. The van der Waals surface area contributed by atoms with E-state index in [1.165, 1.54) is 183 Å². The summed E-state index contributed by atoms with van der Waals surface area (Å²) in [5.74, 6) is 17.1. The highest BCUT2D eigenvalue weighted by atomic mass is 16.5. The van der Waals surface area contributed by atoms with E-state index in [4.69, 9.17) is 15.9 Å². The number of hydrogen-bond acceptors (Lipinski definition) is 2. The molecule has 1 atom stereocenters. The van der Waals surface area contributed by atoms with Crippen LogP contribution in [0.2, 0.25) is 0 Å². The van der Waals surface area contributed by atoms with Crippen LogP contribution in [0.4, 0.5) is 0 Å². The molecule has 3 aliphatic carbocycles. The summed E-state index contributed by atoms with van der Waals surface area (Å²) < 4.78 is 12.7. The van der Waals surface area contributed by atoms with Crippen LogP contribution in [-0.4, -0.2) is 6.61 Å². The molecule has 3 aliphatic rings. The smallest absolute Gasteiger partial charge is 0.140 e. The molecule has 68 heavy (non-hydrogen) atoms. The number of unbranched alkanes of at least 4 members (excludes halogenated alkanes) is 15. The third-order valence-corrected chi connectivity index (χ3v) is 15.2. The average Bonchev–Trinajstić information content (AvgIpc) is 3.90. The summed E-state index contributed by atoms with van der Waals surface area (Å²) >= 11 is 0. The van der Waals surface area contributed by atoms with Gasteiger partial charge in [-0.15, -0.1) is 6.42 Å². The van der Waals surface area contributed by atoms with Gasteiger partial charge in [-0.3, -0.25) is 0 Å². The Morgan fingerprint density at radius 1 is 0.412 bits per heavy atom. The van der Waals surface area contributed by atoms with Gasteiger partial charge in [0.25, 0.3) is 0 Å². The molecule has 0 aromatic heterocycles. The second kappa shape index (κ2) is 22.8. The van der Waals surface area contributed by atoms with E-state index in [0.717, 1.165) is 17.7 Å². The summed E-state index contributed by atoms with van der Waals surface area (Å²) in [7, 11) is 0. The molecule has 0 bridgehead atoms. The Labute approximate surface area is 410 Å². The molecule has 0 saturated heterocycles. The van der Waals surface area contributed by atoms with Crippen molar-refractivity contribution in [3.05, 3.63) is 129 Å². The van der Waals surface area contributed by atoms with Crippen LogP contribution in [0.15, 0.2) is 84.9 Å². The molecular formula is C66H72O2. The van der Waals surface area contributed by atoms with Crippen molar-refractivity contribution in [3.63, 3.8) is 0 Å². The molecule has 0 radical (unpaired) electrons. The van der Waals surface area contributed by atoms with E-state index in [-0.39, 0.29) is 5.41 Å². The molecule has 2 heteroatoms. The van der Waals surface area contributed by atoms with Crippen LogP contribution >= 0.6 is 0 Å². The summed E-state index contributed by atoms with van der Waals surface area (Å²) in [6.45, 7) is 12.2. The molecule has 1 unspecified atom stereocenters. The highest BCUT2D eigenvalue weighted by Gasteiger charge is 2.54. The van der Waals surface area contributed by atoms with Crippen molar-refractivity contribution < 1.29 is 9.47 Å². The second-order valence-corrected chi connectivity index (χ2v) is 19.9. The van der Waals surface area contributed by atoms with Crippen molar-refractivity contribution in [2.45, 2.75) is 174 Å². The van der Waals surface area contributed by atoms with Crippen LogP contribution in [0.25, 0.3) is 33.4 Å². The third-order valence-electron chi connectivity index (χ3n) is 15.2. The number of ether oxygens (including phenoxy) is 2. The first-order valence-electron chi connectivity index (χ1n) is 26.4. The van der Waals surface area contributed by atoms with E-state index in [9.17, 15) is 0 Å². The zero-order valence-corrected chi connectivity index (χ0v) is 41.8. The molecule has 0 heterocycles. The molecule has 0 fully saturated rings. The summed E-state index contributed by atoms with van der Waals surface area (Å²) in [6.07, 6.45) is 33.5. The van der Waals surface area contributed by atoms with Crippen molar-refractivity contribution in [2.24, 2.45) is 0 Å². The normalized spacial score (nSPS) is 14.7. The standard InChI is InChI=1S/C66H72O2/c1-7-11-15-19-23-27-39-65(40-28-24-20-16-12-8-2)61-43-49(5)31-35-53(61)57-48-64-58(47-62(57)65)54-36-32-50(6)44-63(54)66(64)59-37-33-51(67-41-29-25-21-17-13-9-3)45-55(59)56-46-52(34-38-60(56)66)68-42-30-26-22-18-14-10-4/h3,31-38,43-48H,7-8,10-12,14-16,18-20,22-24,26-28,30,39-40,42H2,1-2,4-6H3. The van der Waals surface area contributed by atoms with Gasteiger partial charge >= 0.3 is 0 Å². The summed E-state index contributed by atoms with van der Waals surface area (Å²) in [4.78, 5) is 0. The first kappa shape index (κ1) is 48.4. The van der Waals surface area contributed by atoms with Gasteiger partial charge in [-0.1, -0.05) is 190 Å². The fourth-order valence-corrected chi connectivity index (χ4v) is 11.9. The fourth-order valence-electron chi connectivity index (χ4n) is 11.9. The maximum Gasteiger partial charge on any atom is 0.140 e. The maximum absolute atomic E-state index is 6.57. The zero-order valence-electron chi connectivity index (χ0n) is 41.8. The largest absolute Gasteiger partial charge is 0.494 e. The second-order valence-electron chi connectivity index (χ2n) is 19.9. The third kappa shape index (κ3) is 9.78. The molecule has 0 saturated carbocycles. The Kier molecular flexibility index (Phi) is 16.2. The van der Waals surface area contributed by atoms with Gasteiger partial charge in [0, 0.05) is 23.2 Å². The van der Waals surface area contributed by atoms with E-state index in [0.29, 0.717) is 12.4 Å². The Bertz CT molecular complexity index is 2810. The van der Waals surface area contributed by atoms with Crippen LogP contribution in [0.5, 0.6) is 11.5 Å². The van der Waals surface area contributed by atoms with Crippen LogP contribution in [-0.2, 0) is 10.8 Å². The van der Waals surface area contributed by atoms with Crippen LogP contribution in [0.1, 0.15) is 194 Å². The molecule has 5 aromatic rings. The summed E-state index contributed by atoms with van der Waals surface area (Å²) in [5.41, 5.74) is 18.4. The van der Waals surface area contributed by atoms with Gasteiger partial charge in [0.1, 0.15) is 17.6 Å². The highest BCUT2D eigenvalue weighted by molar-refractivity contribution is 5.98. The van der Waals surface area contributed by atoms with Crippen molar-refractivity contribution in [1.82, 2.24) is 0 Å². The lowest BCUT2D eigenvalue weighted by Gasteiger charge is -2.34. The zero-order chi connectivity index (χ0) is 47.4. The monoisotopic (exact) mass is 897 g/mol. The van der Waals surface area contributed by atoms with E-state index in [1.807, 2.05) is 0 Å². The Morgan fingerprint density at radius 3 is 1.50 bits per heavy atom. The molecule has 5 aromatic carbocycles. The topological polar surface area (TPSA) is 18.5 Å². The number of hydrogen-bond donors (Lipinski definition) is 0. The molecule has 2 nitrogen and oxygen atoms in total. The molecule has 1 spiro atoms. The summed E-state index contributed by atoms with van der Waals surface area (Å²) in [6, 6.07) is 33.3. The SMILES string of the molecule is C#CC#CC#CC#COc1ccc2c(c1)-c1cc(OCCCCCCCC)ccc1C21c2cc(C)ccc2-c2cc3c(cc21)-c1ccc(C)cc1C3(CCCCCCCC)CCCCCCCC. The van der Waals surface area contributed by atoms with Gasteiger partial charge in [0.05, 0.1) is 12.0 Å². The van der Waals surface area contributed by atoms with Crippen LogP contribution in [0, 0.1) is 61.9 Å². The molecule has 348 valence electrons. The van der Waals surface area contributed by atoms with Gasteiger partial charge in [-0.05, 0) is 154 Å². The van der Waals surface area contributed by atoms with Crippen molar-refractivity contribution >= 4 is 0 Å². The van der Waals surface area contributed by atoms with Gasteiger partial charge < -0.3 is 9.47 Å². The Balaban J connectivity index is 1.28. The predicted molar refractivity (Wildman–Crippen MR) is 286 cm³/mol. The minimum atomic E-state index is -0.533.